The topological polar surface area (TPSA) is 98.2 Å². The van der Waals surface area contributed by atoms with Crippen LogP contribution < -0.4 is 0 Å². The minimum absolute atomic E-state index is 0.0977. The van der Waals surface area contributed by atoms with Gasteiger partial charge in [-0.15, -0.1) is 0 Å². The number of likely N-dealkylation sites (tertiary alicyclic amines) is 2. The second-order valence-electron chi connectivity index (χ2n) is 7.43. The standard InChI is InChI=1S/C22H21N3O5/c26-19-11-17(21(28)23(19)13-15-7-3-1-4-8-15)25(30)18-12-20(27)24(22(18)29)14-16-9-5-2-6-10-16/h1-10,17-18,30H,11-14H2/t17-,18-/m0/s1. The number of hydroxylamine groups is 2. The Balaban J connectivity index is 1.46. The molecule has 154 valence electrons. The molecule has 4 rings (SSSR count). The van der Waals surface area contributed by atoms with Crippen LogP contribution in [0.1, 0.15) is 24.0 Å². The molecule has 2 aliphatic rings. The molecule has 8 nitrogen and oxygen atoms in total. The lowest BCUT2D eigenvalue weighted by Crippen LogP contribution is -2.48. The third-order valence-corrected chi connectivity index (χ3v) is 5.45. The number of hydrogen-bond donors (Lipinski definition) is 1. The van der Waals surface area contributed by atoms with Crippen molar-refractivity contribution < 1.29 is 24.4 Å². The van der Waals surface area contributed by atoms with E-state index < -0.39 is 35.7 Å². The van der Waals surface area contributed by atoms with Crippen LogP contribution in [0.15, 0.2) is 60.7 Å². The van der Waals surface area contributed by atoms with Gasteiger partial charge in [-0.1, -0.05) is 60.7 Å². The van der Waals surface area contributed by atoms with Crippen molar-refractivity contribution in [2.75, 3.05) is 0 Å². The van der Waals surface area contributed by atoms with Crippen molar-refractivity contribution in [1.29, 1.82) is 0 Å². The van der Waals surface area contributed by atoms with Crippen LogP contribution in [0, 0.1) is 0 Å². The normalized spacial score (nSPS) is 21.9. The Morgan fingerprint density at radius 3 is 1.43 bits per heavy atom. The van der Waals surface area contributed by atoms with E-state index in [0.29, 0.717) is 5.06 Å². The van der Waals surface area contributed by atoms with Gasteiger partial charge < -0.3 is 5.21 Å². The highest BCUT2D eigenvalue weighted by Gasteiger charge is 2.49. The molecule has 0 saturated carbocycles. The Labute approximate surface area is 173 Å². The first kappa shape index (κ1) is 19.9. The van der Waals surface area contributed by atoms with E-state index in [1.165, 1.54) is 0 Å². The van der Waals surface area contributed by atoms with Crippen LogP contribution in [-0.4, -0.2) is 55.8 Å². The van der Waals surface area contributed by atoms with Gasteiger partial charge in [-0.05, 0) is 11.1 Å². The van der Waals surface area contributed by atoms with Gasteiger partial charge in [0, 0.05) is 0 Å². The number of amides is 4. The summed E-state index contributed by atoms with van der Waals surface area (Å²) in [6.07, 6.45) is -0.475. The second-order valence-corrected chi connectivity index (χ2v) is 7.43. The molecule has 2 heterocycles. The van der Waals surface area contributed by atoms with Crippen molar-refractivity contribution >= 4 is 23.6 Å². The number of carbonyl (C=O) groups excluding carboxylic acids is 4. The molecule has 30 heavy (non-hydrogen) atoms. The van der Waals surface area contributed by atoms with Crippen LogP contribution in [0.5, 0.6) is 0 Å². The predicted molar refractivity (Wildman–Crippen MR) is 104 cm³/mol. The lowest BCUT2D eigenvalue weighted by molar-refractivity contribution is -0.177. The molecule has 8 heteroatoms. The van der Waals surface area contributed by atoms with Crippen LogP contribution in [-0.2, 0) is 32.3 Å². The van der Waals surface area contributed by atoms with Crippen molar-refractivity contribution in [3.8, 4) is 0 Å². The lowest BCUT2D eigenvalue weighted by atomic mass is 10.1. The Hall–Kier alpha value is -3.36. The molecular formula is C22H21N3O5. The summed E-state index contributed by atoms with van der Waals surface area (Å²) in [5.74, 6) is -2.00. The number of imide groups is 2. The number of hydrogen-bond acceptors (Lipinski definition) is 6. The first-order chi connectivity index (χ1) is 14.5. The molecule has 0 aromatic heterocycles. The van der Waals surface area contributed by atoms with Crippen LogP contribution in [0.4, 0.5) is 0 Å². The second kappa shape index (κ2) is 8.17. The van der Waals surface area contributed by atoms with E-state index in [1.807, 2.05) is 12.1 Å². The largest absolute Gasteiger partial charge is 0.312 e. The Morgan fingerprint density at radius 1 is 0.700 bits per heavy atom. The van der Waals surface area contributed by atoms with Crippen molar-refractivity contribution in [3.05, 3.63) is 71.8 Å². The third kappa shape index (κ3) is 3.74. The maximum Gasteiger partial charge on any atom is 0.249 e. The fourth-order valence-corrected chi connectivity index (χ4v) is 3.83. The van der Waals surface area contributed by atoms with Gasteiger partial charge in [0.15, 0.2) is 0 Å². The van der Waals surface area contributed by atoms with E-state index in [2.05, 4.69) is 0 Å². The first-order valence-electron chi connectivity index (χ1n) is 9.69. The zero-order valence-electron chi connectivity index (χ0n) is 16.2. The summed E-state index contributed by atoms with van der Waals surface area (Å²) in [5, 5.41) is 11.2. The minimum atomic E-state index is -1.18. The van der Waals surface area contributed by atoms with E-state index in [4.69, 9.17) is 0 Å². The Morgan fingerprint density at radius 2 is 1.07 bits per heavy atom. The highest BCUT2D eigenvalue weighted by Crippen LogP contribution is 2.27. The smallest absolute Gasteiger partial charge is 0.249 e. The summed E-state index contributed by atoms with van der Waals surface area (Å²) in [7, 11) is 0. The van der Waals surface area contributed by atoms with E-state index in [0.717, 1.165) is 20.9 Å². The average Bonchev–Trinajstić information content (AvgIpc) is 3.20. The maximum absolute atomic E-state index is 12.8. The highest BCUT2D eigenvalue weighted by molar-refractivity contribution is 6.07. The molecule has 0 aliphatic carbocycles. The molecule has 2 aromatic carbocycles. The number of benzene rings is 2. The van der Waals surface area contributed by atoms with Gasteiger partial charge in [-0.25, -0.2) is 0 Å². The van der Waals surface area contributed by atoms with Gasteiger partial charge in [-0.3, -0.25) is 29.0 Å². The summed E-state index contributed by atoms with van der Waals surface area (Å²) in [5.41, 5.74) is 1.57. The summed E-state index contributed by atoms with van der Waals surface area (Å²) in [4.78, 5) is 52.4. The molecular weight excluding hydrogens is 386 g/mol. The number of carbonyl (C=O) groups is 4. The van der Waals surface area contributed by atoms with E-state index in [9.17, 15) is 24.4 Å². The van der Waals surface area contributed by atoms with E-state index >= 15 is 0 Å². The lowest BCUT2D eigenvalue weighted by Gasteiger charge is -2.25. The van der Waals surface area contributed by atoms with Gasteiger partial charge in [0.1, 0.15) is 12.1 Å². The van der Waals surface area contributed by atoms with Crippen LogP contribution in [0.3, 0.4) is 0 Å². The fraction of sp³-hybridized carbons (Fsp3) is 0.273. The summed E-state index contributed by atoms with van der Waals surface area (Å²) in [6, 6.07) is 15.7. The molecule has 0 bridgehead atoms. The fourth-order valence-electron chi connectivity index (χ4n) is 3.83. The molecule has 1 N–H and O–H groups in total. The third-order valence-electron chi connectivity index (χ3n) is 5.45. The summed E-state index contributed by atoms with van der Waals surface area (Å²) in [6.45, 7) is 0.195. The summed E-state index contributed by atoms with van der Waals surface area (Å²) < 4.78 is 0. The quantitative estimate of drug-likeness (QED) is 0.573. The molecule has 2 saturated heterocycles. The van der Waals surface area contributed by atoms with Crippen LogP contribution >= 0.6 is 0 Å². The zero-order valence-corrected chi connectivity index (χ0v) is 16.2. The first-order valence-corrected chi connectivity index (χ1v) is 9.69. The van der Waals surface area contributed by atoms with Gasteiger partial charge >= 0.3 is 0 Å². The Bertz CT molecular complexity index is 899. The molecule has 0 spiro atoms. The Kier molecular flexibility index (Phi) is 5.43. The van der Waals surface area contributed by atoms with Crippen molar-refractivity contribution in [3.63, 3.8) is 0 Å². The molecule has 2 aromatic rings. The minimum Gasteiger partial charge on any atom is -0.312 e. The molecule has 0 radical (unpaired) electrons. The predicted octanol–water partition coefficient (Wildman–Crippen LogP) is 1.33. The number of rotatable bonds is 6. The average molecular weight is 407 g/mol. The molecule has 2 aliphatic heterocycles. The van der Waals surface area contributed by atoms with E-state index in [-0.39, 0.29) is 25.9 Å². The maximum atomic E-state index is 12.8. The van der Waals surface area contributed by atoms with Crippen molar-refractivity contribution in [1.82, 2.24) is 14.9 Å². The number of nitrogens with zero attached hydrogens (tertiary/aromatic N) is 3. The van der Waals surface area contributed by atoms with Crippen molar-refractivity contribution in [2.24, 2.45) is 0 Å². The van der Waals surface area contributed by atoms with Crippen LogP contribution in [0.25, 0.3) is 0 Å². The SMILES string of the molecule is O=C1C[C@H](N(O)[C@H]2CC(=O)N(Cc3ccccc3)C2=O)C(=O)N1Cc1ccccc1. The monoisotopic (exact) mass is 407 g/mol. The highest BCUT2D eigenvalue weighted by atomic mass is 16.5. The van der Waals surface area contributed by atoms with Crippen molar-refractivity contribution in [2.45, 2.75) is 38.0 Å². The molecule has 0 unspecified atom stereocenters. The van der Waals surface area contributed by atoms with Crippen LogP contribution in [0.2, 0.25) is 0 Å². The molecule has 2 fully saturated rings. The molecule has 4 amide bonds. The molecule has 2 atom stereocenters. The zero-order chi connectivity index (χ0) is 21.3. The summed E-state index contributed by atoms with van der Waals surface area (Å²) >= 11 is 0. The van der Waals surface area contributed by atoms with E-state index in [1.54, 1.807) is 48.5 Å². The van der Waals surface area contributed by atoms with Gasteiger partial charge in [0.05, 0.1) is 25.9 Å². The van der Waals surface area contributed by atoms with Gasteiger partial charge in [0.2, 0.25) is 23.6 Å². The van der Waals surface area contributed by atoms with Gasteiger partial charge in [-0.2, -0.15) is 5.06 Å². The van der Waals surface area contributed by atoms with Gasteiger partial charge in [0.25, 0.3) is 0 Å².